The molecule has 0 fully saturated rings. The van der Waals surface area contributed by atoms with E-state index in [2.05, 4.69) is 5.32 Å². The molecule has 1 N–H and O–H groups in total. The second-order valence-electron chi connectivity index (χ2n) is 4.67. The zero-order valence-electron chi connectivity index (χ0n) is 11.3. The fourth-order valence-electron chi connectivity index (χ4n) is 2.06. The maximum Gasteiger partial charge on any atom is 0.200 e. The van der Waals surface area contributed by atoms with Gasteiger partial charge in [0.2, 0.25) is 5.82 Å². The number of halogens is 5. The Bertz CT molecular complexity index is 648. The third-order valence-electron chi connectivity index (χ3n) is 3.30. The van der Waals surface area contributed by atoms with E-state index in [4.69, 9.17) is 0 Å². The Morgan fingerprint density at radius 3 is 1.67 bits per heavy atom. The van der Waals surface area contributed by atoms with Gasteiger partial charge in [0.25, 0.3) is 0 Å². The second-order valence-corrected chi connectivity index (χ2v) is 4.67. The van der Waals surface area contributed by atoms with E-state index < -0.39 is 34.8 Å². The average molecular weight is 301 g/mol. The molecule has 0 aromatic heterocycles. The first-order chi connectivity index (χ1) is 9.84. The van der Waals surface area contributed by atoms with Gasteiger partial charge in [-0.3, -0.25) is 0 Å². The van der Waals surface area contributed by atoms with Crippen LogP contribution in [-0.2, 0) is 6.54 Å². The van der Waals surface area contributed by atoms with E-state index in [0.717, 1.165) is 16.7 Å². The molecule has 0 aliphatic heterocycles. The van der Waals surface area contributed by atoms with Crippen LogP contribution in [-0.4, -0.2) is 0 Å². The lowest BCUT2D eigenvalue weighted by molar-refractivity contribution is 0.381. The molecule has 0 unspecified atom stereocenters. The van der Waals surface area contributed by atoms with Crippen molar-refractivity contribution in [3.63, 3.8) is 0 Å². The van der Waals surface area contributed by atoms with Crippen molar-refractivity contribution in [3.05, 3.63) is 64.0 Å². The van der Waals surface area contributed by atoms with Crippen LogP contribution in [0.25, 0.3) is 0 Å². The van der Waals surface area contributed by atoms with Crippen molar-refractivity contribution in [1.29, 1.82) is 0 Å². The molecule has 2 aromatic rings. The van der Waals surface area contributed by atoms with Crippen molar-refractivity contribution in [3.8, 4) is 0 Å². The highest BCUT2D eigenvalue weighted by Crippen LogP contribution is 2.28. The number of rotatable bonds is 3. The van der Waals surface area contributed by atoms with Crippen molar-refractivity contribution in [1.82, 2.24) is 0 Å². The average Bonchev–Trinajstić information content (AvgIpc) is 2.45. The SMILES string of the molecule is Cc1cccc(C)c1CNc1c(F)c(F)c(F)c(F)c1F. The molecular formula is C15H12F5N. The summed E-state index contributed by atoms with van der Waals surface area (Å²) in [5, 5.41) is 2.29. The summed E-state index contributed by atoms with van der Waals surface area (Å²) in [5.41, 5.74) is 1.42. The van der Waals surface area contributed by atoms with Gasteiger partial charge in [0.15, 0.2) is 23.3 Å². The molecule has 112 valence electrons. The van der Waals surface area contributed by atoms with Gasteiger partial charge in [-0.15, -0.1) is 0 Å². The van der Waals surface area contributed by atoms with Gasteiger partial charge in [0.1, 0.15) is 5.69 Å². The Labute approximate surface area is 118 Å². The summed E-state index contributed by atoms with van der Waals surface area (Å²) in [4.78, 5) is 0. The number of anilines is 1. The highest BCUT2D eigenvalue weighted by atomic mass is 19.2. The topological polar surface area (TPSA) is 12.0 Å². The van der Waals surface area contributed by atoms with Crippen molar-refractivity contribution in [2.45, 2.75) is 20.4 Å². The van der Waals surface area contributed by atoms with E-state index in [-0.39, 0.29) is 6.54 Å². The van der Waals surface area contributed by atoms with Crippen LogP contribution < -0.4 is 5.32 Å². The van der Waals surface area contributed by atoms with Gasteiger partial charge in [0, 0.05) is 6.54 Å². The van der Waals surface area contributed by atoms with Crippen molar-refractivity contribution in [2.24, 2.45) is 0 Å². The molecule has 0 saturated heterocycles. The van der Waals surface area contributed by atoms with E-state index >= 15 is 0 Å². The standard InChI is InChI=1S/C15H12F5N/c1-7-4-3-5-8(2)9(7)6-21-15-13(19)11(17)10(16)12(18)14(15)20/h3-5,21H,6H2,1-2H3. The predicted molar refractivity (Wildman–Crippen MR) is 69.5 cm³/mol. The second kappa shape index (κ2) is 5.71. The molecule has 0 aliphatic rings. The predicted octanol–water partition coefficient (Wildman–Crippen LogP) is 4.61. The summed E-state index contributed by atoms with van der Waals surface area (Å²) < 4.78 is 66.2. The van der Waals surface area contributed by atoms with Crippen molar-refractivity contribution in [2.75, 3.05) is 5.32 Å². The zero-order chi connectivity index (χ0) is 15.7. The van der Waals surface area contributed by atoms with Crippen LogP contribution in [0.15, 0.2) is 18.2 Å². The fourth-order valence-corrected chi connectivity index (χ4v) is 2.06. The lowest BCUT2D eigenvalue weighted by Gasteiger charge is -2.14. The van der Waals surface area contributed by atoms with Gasteiger partial charge in [-0.2, -0.15) is 0 Å². The van der Waals surface area contributed by atoms with E-state index in [1.807, 2.05) is 6.07 Å². The minimum absolute atomic E-state index is 0.0448. The molecule has 0 bridgehead atoms. The lowest BCUT2D eigenvalue weighted by Crippen LogP contribution is -2.11. The van der Waals surface area contributed by atoms with Crippen molar-refractivity contribution < 1.29 is 22.0 Å². The number of aryl methyl sites for hydroxylation is 2. The number of benzene rings is 2. The number of nitrogens with one attached hydrogen (secondary N) is 1. The number of hydrogen-bond acceptors (Lipinski definition) is 1. The summed E-state index contributed by atoms with van der Waals surface area (Å²) in [6.45, 7) is 3.54. The first-order valence-corrected chi connectivity index (χ1v) is 6.15. The van der Waals surface area contributed by atoms with Gasteiger partial charge in [-0.05, 0) is 30.5 Å². The minimum Gasteiger partial charge on any atom is -0.376 e. The molecule has 1 nitrogen and oxygen atoms in total. The molecule has 0 atom stereocenters. The first-order valence-electron chi connectivity index (χ1n) is 6.15. The summed E-state index contributed by atoms with van der Waals surface area (Å²) in [5.74, 6) is -9.81. The quantitative estimate of drug-likeness (QED) is 0.496. The third-order valence-corrected chi connectivity index (χ3v) is 3.30. The van der Waals surface area contributed by atoms with Gasteiger partial charge in [-0.1, -0.05) is 18.2 Å². The van der Waals surface area contributed by atoms with Crippen LogP contribution in [0, 0.1) is 42.9 Å². The molecule has 2 aromatic carbocycles. The molecular weight excluding hydrogens is 289 g/mol. The Balaban J connectivity index is 2.37. The molecule has 0 amide bonds. The monoisotopic (exact) mass is 301 g/mol. The van der Waals surface area contributed by atoms with E-state index in [1.54, 1.807) is 26.0 Å². The lowest BCUT2D eigenvalue weighted by atomic mass is 10.0. The van der Waals surface area contributed by atoms with Crippen LogP contribution in [0.2, 0.25) is 0 Å². The molecule has 0 aliphatic carbocycles. The molecule has 21 heavy (non-hydrogen) atoms. The highest BCUT2D eigenvalue weighted by Gasteiger charge is 2.25. The van der Waals surface area contributed by atoms with Crippen LogP contribution in [0.3, 0.4) is 0 Å². The van der Waals surface area contributed by atoms with E-state index in [1.165, 1.54) is 0 Å². The zero-order valence-corrected chi connectivity index (χ0v) is 11.3. The molecule has 6 heteroatoms. The van der Waals surface area contributed by atoms with Crippen molar-refractivity contribution >= 4 is 5.69 Å². The molecule has 0 saturated carbocycles. The van der Waals surface area contributed by atoms with Gasteiger partial charge in [-0.25, -0.2) is 22.0 Å². The van der Waals surface area contributed by atoms with Gasteiger partial charge in [0.05, 0.1) is 0 Å². The fraction of sp³-hybridized carbons (Fsp3) is 0.200. The summed E-state index contributed by atoms with van der Waals surface area (Å²) in [6, 6.07) is 5.40. The highest BCUT2D eigenvalue weighted by molar-refractivity contribution is 5.49. The van der Waals surface area contributed by atoms with Crippen LogP contribution in [0.1, 0.15) is 16.7 Å². The Hall–Kier alpha value is -2.11. The largest absolute Gasteiger partial charge is 0.376 e. The van der Waals surface area contributed by atoms with E-state index in [0.29, 0.717) is 0 Å². The molecule has 0 radical (unpaired) electrons. The van der Waals surface area contributed by atoms with Crippen LogP contribution >= 0.6 is 0 Å². The maximum absolute atomic E-state index is 13.5. The number of hydrogen-bond donors (Lipinski definition) is 1. The first kappa shape index (κ1) is 15.3. The molecule has 0 heterocycles. The van der Waals surface area contributed by atoms with E-state index in [9.17, 15) is 22.0 Å². The van der Waals surface area contributed by atoms with Gasteiger partial charge >= 0.3 is 0 Å². The third kappa shape index (κ3) is 2.70. The Morgan fingerprint density at radius 2 is 1.19 bits per heavy atom. The Kier molecular flexibility index (Phi) is 4.16. The van der Waals surface area contributed by atoms with Crippen LogP contribution in [0.4, 0.5) is 27.6 Å². The Morgan fingerprint density at radius 1 is 0.762 bits per heavy atom. The molecule has 2 rings (SSSR count). The minimum atomic E-state index is -2.16. The maximum atomic E-state index is 13.5. The summed E-state index contributed by atoms with van der Waals surface area (Å²) in [7, 11) is 0. The summed E-state index contributed by atoms with van der Waals surface area (Å²) >= 11 is 0. The summed E-state index contributed by atoms with van der Waals surface area (Å²) in [6.07, 6.45) is 0. The smallest absolute Gasteiger partial charge is 0.200 e. The van der Waals surface area contributed by atoms with Crippen LogP contribution in [0.5, 0.6) is 0 Å². The normalized spacial score (nSPS) is 10.8. The van der Waals surface area contributed by atoms with Gasteiger partial charge < -0.3 is 5.32 Å². The molecule has 0 spiro atoms.